The predicted molar refractivity (Wildman–Crippen MR) is 51.2 cm³/mol. The van der Waals surface area contributed by atoms with Crippen LogP contribution in [0.3, 0.4) is 0 Å². The van der Waals surface area contributed by atoms with Crippen molar-refractivity contribution in [3.8, 4) is 17.5 Å². The smallest absolute Gasteiger partial charge is 0.153 e. The van der Waals surface area contributed by atoms with Crippen molar-refractivity contribution in [2.45, 2.75) is 13.1 Å². The highest BCUT2D eigenvalue weighted by atomic mass is 16.3. The van der Waals surface area contributed by atoms with E-state index in [4.69, 9.17) is 15.4 Å². The molecule has 0 aliphatic heterocycles. The Morgan fingerprint density at radius 2 is 2.47 bits per heavy atom. The third kappa shape index (κ3) is 1.60. The average Bonchev–Trinajstić information content (AvgIpc) is 2.85. The van der Waals surface area contributed by atoms with Gasteiger partial charge in [-0.05, 0) is 12.1 Å². The van der Waals surface area contributed by atoms with Gasteiger partial charge in [-0.3, -0.25) is 0 Å². The van der Waals surface area contributed by atoms with E-state index in [0.717, 1.165) is 0 Å². The molecule has 0 bridgehead atoms. The maximum absolute atomic E-state index is 8.62. The van der Waals surface area contributed by atoms with Gasteiger partial charge in [0.1, 0.15) is 17.9 Å². The minimum atomic E-state index is 0.128. The molecule has 6 heteroatoms. The lowest BCUT2D eigenvalue weighted by atomic mass is 10.2. The maximum Gasteiger partial charge on any atom is 0.153 e. The summed E-state index contributed by atoms with van der Waals surface area (Å²) in [6.07, 6.45) is 1.55. The van der Waals surface area contributed by atoms with Gasteiger partial charge in [-0.1, -0.05) is 5.21 Å². The number of hydrogen-bond donors (Lipinski definition) is 1. The second-order valence-electron chi connectivity index (χ2n) is 2.88. The summed E-state index contributed by atoms with van der Waals surface area (Å²) in [6.45, 7) is 0.393. The van der Waals surface area contributed by atoms with Crippen LogP contribution in [0.15, 0.2) is 22.8 Å². The van der Waals surface area contributed by atoms with E-state index in [-0.39, 0.29) is 13.1 Å². The Morgan fingerprint density at radius 1 is 1.60 bits per heavy atom. The number of nitrogens with two attached hydrogens (primary N) is 1. The number of nitriles is 1. The number of hydrogen-bond acceptors (Lipinski definition) is 5. The topological polar surface area (TPSA) is 93.7 Å². The standard InChI is InChI=1S/C9H9N5O/c10-3-4-14-9(7(6-11)12-13-14)8-2-1-5-15-8/h1-2,5H,4,6,11H2. The molecule has 15 heavy (non-hydrogen) atoms. The maximum atomic E-state index is 8.62. The van der Waals surface area contributed by atoms with Crippen molar-refractivity contribution in [3.63, 3.8) is 0 Å². The van der Waals surface area contributed by atoms with E-state index in [1.807, 2.05) is 6.07 Å². The first-order valence-corrected chi connectivity index (χ1v) is 4.40. The van der Waals surface area contributed by atoms with E-state index in [9.17, 15) is 0 Å². The van der Waals surface area contributed by atoms with Crippen molar-refractivity contribution in [1.82, 2.24) is 15.0 Å². The van der Waals surface area contributed by atoms with Gasteiger partial charge in [-0.25, -0.2) is 4.68 Å². The molecule has 2 aromatic rings. The van der Waals surface area contributed by atoms with Gasteiger partial charge >= 0.3 is 0 Å². The highest BCUT2D eigenvalue weighted by molar-refractivity contribution is 5.55. The van der Waals surface area contributed by atoms with Gasteiger partial charge in [0, 0.05) is 6.54 Å². The summed E-state index contributed by atoms with van der Waals surface area (Å²) in [5.41, 5.74) is 6.82. The van der Waals surface area contributed by atoms with Gasteiger partial charge in [-0.2, -0.15) is 5.26 Å². The van der Waals surface area contributed by atoms with E-state index >= 15 is 0 Å². The summed E-state index contributed by atoms with van der Waals surface area (Å²) < 4.78 is 6.71. The van der Waals surface area contributed by atoms with Crippen LogP contribution in [0.25, 0.3) is 11.5 Å². The fourth-order valence-corrected chi connectivity index (χ4v) is 1.35. The second-order valence-corrected chi connectivity index (χ2v) is 2.88. The molecule has 2 rings (SSSR count). The highest BCUT2D eigenvalue weighted by Gasteiger charge is 2.15. The lowest BCUT2D eigenvalue weighted by Gasteiger charge is -1.99. The third-order valence-corrected chi connectivity index (χ3v) is 1.97. The van der Waals surface area contributed by atoms with Crippen LogP contribution in [-0.4, -0.2) is 15.0 Å². The molecule has 0 amide bonds. The van der Waals surface area contributed by atoms with Crippen LogP contribution in [0.4, 0.5) is 0 Å². The SMILES string of the molecule is N#CCn1nnc(CN)c1-c1ccco1. The zero-order valence-corrected chi connectivity index (χ0v) is 7.92. The van der Waals surface area contributed by atoms with Gasteiger partial charge < -0.3 is 10.2 Å². The number of rotatable bonds is 3. The molecule has 2 aromatic heterocycles. The summed E-state index contributed by atoms with van der Waals surface area (Å²) in [4.78, 5) is 0. The van der Waals surface area contributed by atoms with Crippen molar-refractivity contribution >= 4 is 0 Å². The van der Waals surface area contributed by atoms with Gasteiger partial charge in [0.2, 0.25) is 0 Å². The summed E-state index contributed by atoms with van der Waals surface area (Å²) in [5.74, 6) is 0.621. The molecule has 0 aliphatic carbocycles. The normalized spacial score (nSPS) is 10.1. The van der Waals surface area contributed by atoms with E-state index in [2.05, 4.69) is 10.3 Å². The van der Waals surface area contributed by atoms with Crippen LogP contribution in [0.5, 0.6) is 0 Å². The highest BCUT2D eigenvalue weighted by Crippen LogP contribution is 2.22. The molecule has 0 unspecified atom stereocenters. The first-order chi connectivity index (χ1) is 7.36. The molecule has 0 saturated heterocycles. The zero-order chi connectivity index (χ0) is 10.7. The fourth-order valence-electron chi connectivity index (χ4n) is 1.35. The van der Waals surface area contributed by atoms with Crippen LogP contribution < -0.4 is 5.73 Å². The third-order valence-electron chi connectivity index (χ3n) is 1.97. The van der Waals surface area contributed by atoms with Gasteiger partial charge in [-0.15, -0.1) is 5.10 Å². The fraction of sp³-hybridized carbons (Fsp3) is 0.222. The molecular formula is C9H9N5O. The molecular weight excluding hydrogens is 194 g/mol. The van der Waals surface area contributed by atoms with E-state index in [1.54, 1.807) is 18.4 Å². The van der Waals surface area contributed by atoms with Crippen molar-refractivity contribution in [1.29, 1.82) is 5.26 Å². The summed E-state index contributed by atoms with van der Waals surface area (Å²) in [5, 5.41) is 16.3. The van der Waals surface area contributed by atoms with Crippen LogP contribution in [-0.2, 0) is 13.1 Å². The molecule has 76 valence electrons. The minimum Gasteiger partial charge on any atom is -0.463 e. The van der Waals surface area contributed by atoms with Crippen molar-refractivity contribution < 1.29 is 4.42 Å². The van der Waals surface area contributed by atoms with Crippen LogP contribution in [0, 0.1) is 11.3 Å². The quantitative estimate of drug-likeness (QED) is 0.784. The monoisotopic (exact) mass is 203 g/mol. The Labute approximate surface area is 85.9 Å². The number of nitrogens with zero attached hydrogens (tertiary/aromatic N) is 4. The van der Waals surface area contributed by atoms with Gasteiger partial charge in [0.15, 0.2) is 5.76 Å². The Hall–Kier alpha value is -2.13. The zero-order valence-electron chi connectivity index (χ0n) is 7.92. The molecule has 0 saturated carbocycles. The van der Waals surface area contributed by atoms with Crippen LogP contribution in [0.1, 0.15) is 5.69 Å². The molecule has 0 radical (unpaired) electrons. The summed E-state index contributed by atoms with van der Waals surface area (Å²) in [6, 6.07) is 5.55. The molecule has 0 aromatic carbocycles. The summed E-state index contributed by atoms with van der Waals surface area (Å²) in [7, 11) is 0. The molecule has 2 N–H and O–H groups in total. The lowest BCUT2D eigenvalue weighted by molar-refractivity contribution is 0.568. The number of furan rings is 1. The van der Waals surface area contributed by atoms with E-state index < -0.39 is 0 Å². The van der Waals surface area contributed by atoms with Gasteiger partial charge in [0.05, 0.1) is 12.3 Å². The van der Waals surface area contributed by atoms with E-state index in [0.29, 0.717) is 17.1 Å². The van der Waals surface area contributed by atoms with Crippen LogP contribution >= 0.6 is 0 Å². The Kier molecular flexibility index (Phi) is 2.48. The molecule has 0 fully saturated rings. The van der Waals surface area contributed by atoms with Crippen LogP contribution in [0.2, 0.25) is 0 Å². The molecule has 2 heterocycles. The largest absolute Gasteiger partial charge is 0.463 e. The molecule has 0 spiro atoms. The Balaban J connectivity index is 2.52. The Morgan fingerprint density at radius 3 is 3.07 bits per heavy atom. The lowest BCUT2D eigenvalue weighted by Crippen LogP contribution is -2.02. The van der Waals surface area contributed by atoms with E-state index in [1.165, 1.54) is 4.68 Å². The molecule has 0 aliphatic rings. The number of aromatic nitrogens is 3. The average molecular weight is 203 g/mol. The molecule has 0 atom stereocenters. The molecule has 6 nitrogen and oxygen atoms in total. The first kappa shape index (κ1) is 9.43. The minimum absolute atomic E-state index is 0.128. The summed E-state index contributed by atoms with van der Waals surface area (Å²) >= 11 is 0. The van der Waals surface area contributed by atoms with Crippen molar-refractivity contribution in [3.05, 3.63) is 24.1 Å². The second kappa shape index (κ2) is 3.94. The Bertz CT molecular complexity index is 479. The predicted octanol–water partition coefficient (Wildman–Crippen LogP) is 0.520. The van der Waals surface area contributed by atoms with Crippen molar-refractivity contribution in [2.75, 3.05) is 0 Å². The van der Waals surface area contributed by atoms with Crippen molar-refractivity contribution in [2.24, 2.45) is 5.73 Å². The first-order valence-electron chi connectivity index (χ1n) is 4.40. The van der Waals surface area contributed by atoms with Gasteiger partial charge in [0.25, 0.3) is 0 Å².